The predicted octanol–water partition coefficient (Wildman–Crippen LogP) is 4.36. The molecule has 1 aromatic heterocycles. The third-order valence-electron chi connectivity index (χ3n) is 2.38. The van der Waals surface area contributed by atoms with E-state index >= 15 is 0 Å². The van der Waals surface area contributed by atoms with Crippen LogP contribution >= 0.6 is 23.1 Å². The second kappa shape index (κ2) is 5.33. The van der Waals surface area contributed by atoms with Crippen LogP contribution in [0.3, 0.4) is 0 Å². The minimum absolute atomic E-state index is 0.967. The van der Waals surface area contributed by atoms with Crippen molar-refractivity contribution >= 4 is 23.1 Å². The zero-order valence-corrected chi connectivity index (χ0v) is 11.1. The van der Waals surface area contributed by atoms with Gasteiger partial charge in [0.25, 0.3) is 0 Å². The minimum atomic E-state index is 0.967. The molecule has 0 saturated heterocycles. The van der Waals surface area contributed by atoms with E-state index in [-0.39, 0.29) is 0 Å². The molecular formula is C14H10N2S2. The Morgan fingerprint density at radius 3 is 2.17 bits per heavy atom. The van der Waals surface area contributed by atoms with Gasteiger partial charge >= 0.3 is 0 Å². The molecule has 0 aliphatic rings. The zero-order chi connectivity index (χ0) is 12.2. The maximum absolute atomic E-state index is 4.23. The van der Waals surface area contributed by atoms with Crippen molar-refractivity contribution in [2.45, 2.75) is 9.24 Å². The van der Waals surface area contributed by atoms with Gasteiger partial charge < -0.3 is 0 Å². The normalized spacial score (nSPS) is 10.4. The van der Waals surface area contributed by atoms with Crippen LogP contribution in [0.1, 0.15) is 0 Å². The molecule has 3 aromatic rings. The lowest BCUT2D eigenvalue weighted by Gasteiger charge is -1.94. The molecule has 2 aromatic carbocycles. The molecule has 0 spiro atoms. The molecule has 3 rings (SSSR count). The average molecular weight is 270 g/mol. The van der Waals surface area contributed by atoms with Gasteiger partial charge in [-0.25, -0.2) is 0 Å². The first-order chi connectivity index (χ1) is 8.92. The molecule has 0 aliphatic carbocycles. The second-order valence-electron chi connectivity index (χ2n) is 3.65. The van der Waals surface area contributed by atoms with E-state index in [9.17, 15) is 0 Å². The van der Waals surface area contributed by atoms with Crippen molar-refractivity contribution in [2.75, 3.05) is 0 Å². The largest absolute Gasteiger partial charge is 0.179 e. The lowest BCUT2D eigenvalue weighted by atomic mass is 10.2. The molecule has 18 heavy (non-hydrogen) atoms. The lowest BCUT2D eigenvalue weighted by molar-refractivity contribution is 1.01. The van der Waals surface area contributed by atoms with Crippen LogP contribution < -0.4 is 0 Å². The van der Waals surface area contributed by atoms with Gasteiger partial charge in [-0.3, -0.25) is 0 Å². The molecule has 0 atom stereocenters. The van der Waals surface area contributed by atoms with Gasteiger partial charge in [0.15, 0.2) is 4.34 Å². The summed E-state index contributed by atoms with van der Waals surface area (Å²) in [5.41, 5.74) is 1.12. The fourth-order valence-corrected chi connectivity index (χ4v) is 3.39. The summed E-state index contributed by atoms with van der Waals surface area (Å²) in [6.45, 7) is 0. The van der Waals surface area contributed by atoms with E-state index in [4.69, 9.17) is 0 Å². The van der Waals surface area contributed by atoms with Crippen molar-refractivity contribution in [3.05, 3.63) is 60.7 Å². The van der Waals surface area contributed by atoms with Gasteiger partial charge in [-0.2, -0.15) is 0 Å². The van der Waals surface area contributed by atoms with Crippen LogP contribution in [0.5, 0.6) is 0 Å². The molecule has 0 bridgehead atoms. The first-order valence-corrected chi connectivity index (χ1v) is 7.17. The Morgan fingerprint density at radius 1 is 0.778 bits per heavy atom. The summed E-state index contributed by atoms with van der Waals surface area (Å²) in [7, 11) is 0. The first kappa shape index (κ1) is 11.4. The SMILES string of the molecule is c1ccc(Sc2nnc(-c3ccccc3)s2)cc1. The van der Waals surface area contributed by atoms with Gasteiger partial charge in [-0.1, -0.05) is 71.6 Å². The molecule has 4 heteroatoms. The number of aromatic nitrogens is 2. The third kappa shape index (κ3) is 2.60. The highest BCUT2D eigenvalue weighted by molar-refractivity contribution is 8.01. The van der Waals surface area contributed by atoms with Crippen LogP contribution in [0.15, 0.2) is 69.9 Å². The summed E-state index contributed by atoms with van der Waals surface area (Å²) < 4.78 is 0.972. The van der Waals surface area contributed by atoms with Gasteiger partial charge in [0.05, 0.1) is 0 Å². The molecular weight excluding hydrogens is 260 g/mol. The Labute approximate surface area is 114 Å². The Bertz CT molecular complexity index is 621. The maximum atomic E-state index is 4.23. The summed E-state index contributed by atoms with van der Waals surface area (Å²) >= 11 is 3.27. The summed E-state index contributed by atoms with van der Waals surface area (Å²) in [6.07, 6.45) is 0. The Kier molecular flexibility index (Phi) is 3.39. The van der Waals surface area contributed by atoms with Gasteiger partial charge in [0.2, 0.25) is 0 Å². The van der Waals surface area contributed by atoms with Crippen molar-refractivity contribution in [3.63, 3.8) is 0 Å². The smallest absolute Gasteiger partial charge is 0.137 e. The van der Waals surface area contributed by atoms with Crippen LogP contribution in [0, 0.1) is 0 Å². The van der Waals surface area contributed by atoms with Gasteiger partial charge in [0.1, 0.15) is 5.01 Å². The van der Waals surface area contributed by atoms with E-state index in [0.717, 1.165) is 14.9 Å². The molecule has 0 amide bonds. The fourth-order valence-electron chi connectivity index (χ4n) is 1.54. The van der Waals surface area contributed by atoms with Crippen LogP contribution in [0.4, 0.5) is 0 Å². The molecule has 0 radical (unpaired) electrons. The predicted molar refractivity (Wildman–Crippen MR) is 75.9 cm³/mol. The molecule has 88 valence electrons. The fraction of sp³-hybridized carbons (Fsp3) is 0. The number of rotatable bonds is 3. The standard InChI is InChI=1S/C14H10N2S2/c1-3-7-11(8-4-1)13-15-16-14(18-13)17-12-9-5-2-6-10-12/h1-10H. The summed E-state index contributed by atoms with van der Waals surface area (Å²) in [6, 6.07) is 20.4. The molecule has 0 saturated carbocycles. The monoisotopic (exact) mass is 270 g/mol. The average Bonchev–Trinajstić information content (AvgIpc) is 2.89. The van der Waals surface area contributed by atoms with E-state index < -0.39 is 0 Å². The Balaban J connectivity index is 1.82. The van der Waals surface area contributed by atoms with Crippen LogP contribution in [-0.2, 0) is 0 Å². The Hall–Kier alpha value is -1.65. The summed E-state index contributed by atoms with van der Waals surface area (Å²) in [4.78, 5) is 1.19. The van der Waals surface area contributed by atoms with Crippen molar-refractivity contribution in [1.82, 2.24) is 10.2 Å². The van der Waals surface area contributed by atoms with E-state index in [1.165, 1.54) is 4.90 Å². The highest BCUT2D eigenvalue weighted by atomic mass is 32.2. The molecule has 1 heterocycles. The van der Waals surface area contributed by atoms with Crippen molar-refractivity contribution in [2.24, 2.45) is 0 Å². The van der Waals surface area contributed by atoms with E-state index in [0.29, 0.717) is 0 Å². The summed E-state index contributed by atoms with van der Waals surface area (Å²) in [5, 5.41) is 9.42. The number of hydrogen-bond acceptors (Lipinski definition) is 4. The van der Waals surface area contributed by atoms with Crippen LogP contribution in [0.25, 0.3) is 10.6 Å². The van der Waals surface area contributed by atoms with E-state index in [2.05, 4.69) is 34.5 Å². The lowest BCUT2D eigenvalue weighted by Crippen LogP contribution is -1.75. The third-order valence-corrected chi connectivity index (χ3v) is 4.41. The van der Waals surface area contributed by atoms with Crippen molar-refractivity contribution in [1.29, 1.82) is 0 Å². The minimum Gasteiger partial charge on any atom is -0.137 e. The number of nitrogens with zero attached hydrogens (tertiary/aromatic N) is 2. The molecule has 0 fully saturated rings. The Morgan fingerprint density at radius 2 is 1.44 bits per heavy atom. The quantitative estimate of drug-likeness (QED) is 0.707. The first-order valence-electron chi connectivity index (χ1n) is 5.54. The molecule has 0 aliphatic heterocycles. The summed E-state index contributed by atoms with van der Waals surface area (Å²) in [5.74, 6) is 0. The number of benzene rings is 2. The zero-order valence-electron chi connectivity index (χ0n) is 9.48. The second-order valence-corrected chi connectivity index (χ2v) is 5.95. The van der Waals surface area contributed by atoms with E-state index in [1.807, 2.05) is 36.4 Å². The van der Waals surface area contributed by atoms with Gasteiger partial charge in [-0.15, -0.1) is 10.2 Å². The van der Waals surface area contributed by atoms with Crippen LogP contribution in [-0.4, -0.2) is 10.2 Å². The number of hydrogen-bond donors (Lipinski definition) is 0. The van der Waals surface area contributed by atoms with Crippen LogP contribution in [0.2, 0.25) is 0 Å². The van der Waals surface area contributed by atoms with Crippen molar-refractivity contribution in [3.8, 4) is 10.6 Å². The van der Waals surface area contributed by atoms with Gasteiger partial charge in [0, 0.05) is 10.5 Å². The molecule has 2 nitrogen and oxygen atoms in total. The van der Waals surface area contributed by atoms with Gasteiger partial charge in [-0.05, 0) is 12.1 Å². The molecule has 0 N–H and O–H groups in total. The highest BCUT2D eigenvalue weighted by Crippen LogP contribution is 2.33. The van der Waals surface area contributed by atoms with Crippen molar-refractivity contribution < 1.29 is 0 Å². The highest BCUT2D eigenvalue weighted by Gasteiger charge is 2.07. The van der Waals surface area contributed by atoms with E-state index in [1.54, 1.807) is 23.1 Å². The molecule has 0 unspecified atom stereocenters. The topological polar surface area (TPSA) is 25.8 Å². The maximum Gasteiger partial charge on any atom is 0.179 e.